The van der Waals surface area contributed by atoms with Gasteiger partial charge >= 0.3 is 0 Å². The molecule has 2 heterocycles. The first-order chi connectivity index (χ1) is 18.7. The summed E-state index contributed by atoms with van der Waals surface area (Å²) in [5.41, 5.74) is 8.44. The van der Waals surface area contributed by atoms with Crippen LogP contribution in [0.5, 0.6) is 11.5 Å². The van der Waals surface area contributed by atoms with Crippen LogP contribution >= 0.6 is 0 Å². The van der Waals surface area contributed by atoms with Gasteiger partial charge in [0, 0.05) is 39.8 Å². The second kappa shape index (κ2) is 10.3. The lowest BCUT2D eigenvalue weighted by Gasteiger charge is -2.32. The maximum Gasteiger partial charge on any atom is 0.254 e. The third-order valence-electron chi connectivity index (χ3n) is 7.42. The van der Waals surface area contributed by atoms with Gasteiger partial charge in [0.2, 0.25) is 6.79 Å². The van der Waals surface area contributed by atoms with Gasteiger partial charge < -0.3 is 25.4 Å². The molecule has 3 aromatic carbocycles. The molecule has 0 fully saturated rings. The van der Waals surface area contributed by atoms with E-state index in [2.05, 4.69) is 16.0 Å². The number of carbonyl (C=O) groups excluding carboxylic acids is 2. The van der Waals surface area contributed by atoms with Crippen LogP contribution in [0.1, 0.15) is 47.6 Å². The van der Waals surface area contributed by atoms with E-state index in [-0.39, 0.29) is 18.6 Å². The van der Waals surface area contributed by atoms with Crippen molar-refractivity contribution in [1.82, 2.24) is 5.32 Å². The topological polar surface area (TPSA) is 88.7 Å². The molecule has 0 atom stereocenters. The van der Waals surface area contributed by atoms with Crippen molar-refractivity contribution < 1.29 is 19.1 Å². The molecule has 2 amide bonds. The number of amides is 2. The number of dihydropyridines is 1. The number of hydrogen-bond donors (Lipinski definition) is 3. The van der Waals surface area contributed by atoms with E-state index in [1.807, 2.05) is 96.1 Å². The third-order valence-corrected chi connectivity index (χ3v) is 7.42. The first-order valence-electron chi connectivity index (χ1n) is 13.0. The quantitative estimate of drug-likeness (QED) is 0.373. The normalized spacial score (nSPS) is 14.8. The second-order valence-corrected chi connectivity index (χ2v) is 10.2. The Hall–Kier alpha value is -4.52. The summed E-state index contributed by atoms with van der Waals surface area (Å²) in [6.07, 6.45) is 0. The Kier molecular flexibility index (Phi) is 6.91. The van der Waals surface area contributed by atoms with Crippen molar-refractivity contribution in [3.63, 3.8) is 0 Å². The van der Waals surface area contributed by atoms with Gasteiger partial charge in [-0.05, 0) is 81.5 Å². The van der Waals surface area contributed by atoms with Gasteiger partial charge in [-0.2, -0.15) is 0 Å². The molecule has 39 heavy (non-hydrogen) atoms. The molecule has 2 aliphatic heterocycles. The van der Waals surface area contributed by atoms with Gasteiger partial charge in [-0.15, -0.1) is 0 Å². The molecular formula is C32H33N3O4. The van der Waals surface area contributed by atoms with E-state index in [0.29, 0.717) is 34.0 Å². The van der Waals surface area contributed by atoms with Gasteiger partial charge in [0.1, 0.15) is 0 Å². The molecule has 0 saturated heterocycles. The summed E-state index contributed by atoms with van der Waals surface area (Å²) >= 11 is 0. The van der Waals surface area contributed by atoms with Gasteiger partial charge in [0.05, 0.1) is 0 Å². The van der Waals surface area contributed by atoms with E-state index < -0.39 is 5.92 Å². The fourth-order valence-corrected chi connectivity index (χ4v) is 5.41. The molecule has 0 spiro atoms. The zero-order chi connectivity index (χ0) is 27.8. The standard InChI is InChI=1S/C32H33N3O4/c1-17-9-7-10-18(2)29(17)34-31(36)26-21(5)33-22(6)27(32(37)35-30-19(3)11-8-12-20(30)4)28(26)23-13-14-24-25(15-23)39-16-38-24/h7-15,28,33H,16H2,1-6H3,(H,34,36)(H,35,37). The number of benzene rings is 3. The van der Waals surface area contributed by atoms with Gasteiger partial charge in [-0.25, -0.2) is 0 Å². The number of ether oxygens (including phenoxy) is 2. The predicted octanol–water partition coefficient (Wildman–Crippen LogP) is 6.16. The summed E-state index contributed by atoms with van der Waals surface area (Å²) in [7, 11) is 0. The zero-order valence-corrected chi connectivity index (χ0v) is 23.1. The molecule has 0 saturated carbocycles. The first kappa shape index (κ1) is 26.1. The molecule has 0 radical (unpaired) electrons. The molecule has 2 aliphatic rings. The van der Waals surface area contributed by atoms with Gasteiger partial charge in [-0.3, -0.25) is 9.59 Å². The number of rotatable bonds is 5. The fraction of sp³-hybridized carbons (Fsp3) is 0.250. The summed E-state index contributed by atoms with van der Waals surface area (Å²) in [5, 5.41) is 9.56. The minimum atomic E-state index is -0.644. The molecule has 0 aliphatic carbocycles. The van der Waals surface area contributed by atoms with Crippen LogP contribution in [-0.4, -0.2) is 18.6 Å². The summed E-state index contributed by atoms with van der Waals surface area (Å²) < 4.78 is 11.2. The largest absolute Gasteiger partial charge is 0.454 e. The van der Waals surface area contributed by atoms with E-state index in [0.717, 1.165) is 39.2 Å². The number of fused-ring (bicyclic) bond motifs is 1. The highest BCUT2D eigenvalue weighted by molar-refractivity contribution is 6.12. The van der Waals surface area contributed by atoms with Gasteiger partial charge in [0.25, 0.3) is 11.8 Å². The molecule has 0 bridgehead atoms. The van der Waals surface area contributed by atoms with Crippen molar-refractivity contribution in [2.75, 3.05) is 17.4 Å². The van der Waals surface area contributed by atoms with E-state index in [9.17, 15) is 9.59 Å². The highest BCUT2D eigenvalue weighted by Gasteiger charge is 2.37. The Morgan fingerprint density at radius 2 is 1.15 bits per heavy atom. The Bertz CT molecular complexity index is 1440. The SMILES string of the molecule is CC1=C(C(=O)Nc2c(C)cccc2C)C(c2ccc3c(c2)OCO3)C(C(=O)Nc2c(C)cccc2C)=C(C)N1. The lowest BCUT2D eigenvalue weighted by Crippen LogP contribution is -2.35. The van der Waals surface area contributed by atoms with Crippen LogP contribution in [0.15, 0.2) is 77.1 Å². The van der Waals surface area contributed by atoms with Crippen LogP contribution in [0.4, 0.5) is 11.4 Å². The zero-order valence-electron chi connectivity index (χ0n) is 23.1. The number of para-hydroxylation sites is 2. The van der Waals surface area contributed by atoms with Crippen LogP contribution in [0, 0.1) is 27.7 Å². The second-order valence-electron chi connectivity index (χ2n) is 10.2. The Morgan fingerprint density at radius 3 is 1.64 bits per heavy atom. The van der Waals surface area contributed by atoms with Crippen molar-refractivity contribution in [1.29, 1.82) is 0 Å². The third kappa shape index (κ3) is 4.88. The van der Waals surface area contributed by atoms with E-state index in [1.54, 1.807) is 0 Å². The number of nitrogens with one attached hydrogen (secondary N) is 3. The molecule has 0 aromatic heterocycles. The van der Waals surface area contributed by atoms with E-state index in [1.165, 1.54) is 0 Å². The lowest BCUT2D eigenvalue weighted by molar-refractivity contribution is -0.113. The van der Waals surface area contributed by atoms with Crippen LogP contribution in [-0.2, 0) is 9.59 Å². The number of hydrogen-bond acceptors (Lipinski definition) is 5. The van der Waals surface area contributed by atoms with Crippen molar-refractivity contribution in [2.45, 2.75) is 47.5 Å². The number of carbonyl (C=O) groups is 2. The van der Waals surface area contributed by atoms with Crippen molar-refractivity contribution in [2.24, 2.45) is 0 Å². The van der Waals surface area contributed by atoms with Crippen molar-refractivity contribution >= 4 is 23.2 Å². The highest BCUT2D eigenvalue weighted by Crippen LogP contribution is 2.43. The minimum Gasteiger partial charge on any atom is -0.454 e. The number of allylic oxidation sites excluding steroid dienone is 2. The number of aryl methyl sites for hydroxylation is 4. The fourth-order valence-electron chi connectivity index (χ4n) is 5.41. The molecule has 200 valence electrons. The van der Waals surface area contributed by atoms with Gasteiger partial charge in [-0.1, -0.05) is 42.5 Å². The molecule has 3 N–H and O–H groups in total. The predicted molar refractivity (Wildman–Crippen MR) is 153 cm³/mol. The Labute approximate surface area is 228 Å². The maximum atomic E-state index is 14.0. The average Bonchev–Trinajstić information content (AvgIpc) is 3.36. The Balaban J connectivity index is 1.61. The van der Waals surface area contributed by atoms with Crippen LogP contribution < -0.4 is 25.4 Å². The molecular weight excluding hydrogens is 490 g/mol. The average molecular weight is 524 g/mol. The van der Waals surface area contributed by atoms with E-state index in [4.69, 9.17) is 9.47 Å². The van der Waals surface area contributed by atoms with Crippen molar-refractivity contribution in [3.05, 3.63) is 105 Å². The monoisotopic (exact) mass is 523 g/mol. The van der Waals surface area contributed by atoms with E-state index >= 15 is 0 Å². The summed E-state index contributed by atoms with van der Waals surface area (Å²) in [5.74, 6) is 0.0341. The first-order valence-corrected chi connectivity index (χ1v) is 13.0. The summed E-state index contributed by atoms with van der Waals surface area (Å²) in [6, 6.07) is 17.4. The molecule has 0 unspecified atom stereocenters. The van der Waals surface area contributed by atoms with Crippen LogP contribution in [0.3, 0.4) is 0 Å². The molecule has 5 rings (SSSR count). The minimum absolute atomic E-state index is 0.133. The molecule has 7 nitrogen and oxygen atoms in total. The van der Waals surface area contributed by atoms with Crippen molar-refractivity contribution in [3.8, 4) is 11.5 Å². The maximum absolute atomic E-state index is 14.0. The summed E-state index contributed by atoms with van der Waals surface area (Å²) in [6.45, 7) is 11.7. The lowest BCUT2D eigenvalue weighted by atomic mass is 9.79. The smallest absolute Gasteiger partial charge is 0.254 e. The van der Waals surface area contributed by atoms with Crippen LogP contribution in [0.2, 0.25) is 0 Å². The summed E-state index contributed by atoms with van der Waals surface area (Å²) in [4.78, 5) is 28.0. The van der Waals surface area contributed by atoms with Gasteiger partial charge in [0.15, 0.2) is 11.5 Å². The van der Waals surface area contributed by atoms with Crippen LogP contribution in [0.25, 0.3) is 0 Å². The molecule has 7 heteroatoms. The molecule has 3 aromatic rings. The number of anilines is 2. The Morgan fingerprint density at radius 1 is 0.692 bits per heavy atom. The highest BCUT2D eigenvalue weighted by atomic mass is 16.7.